The summed E-state index contributed by atoms with van der Waals surface area (Å²) in [7, 11) is 1.46. The first-order chi connectivity index (χ1) is 7.81. The molecule has 2 unspecified atom stereocenters. The number of methoxy groups -OCH3 is 1. The standard InChI is InChI=1S/C13H17NO2/c1-16-13(15)11-7-8-14-12(9-11)10-5-3-2-4-6-10/h2-6,11-12,14H,7-9H2,1H3. The molecule has 1 aromatic carbocycles. The maximum atomic E-state index is 11.5. The van der Waals surface area contributed by atoms with Crippen LogP contribution in [0.1, 0.15) is 24.4 Å². The minimum atomic E-state index is -0.0811. The maximum Gasteiger partial charge on any atom is 0.308 e. The van der Waals surface area contributed by atoms with Crippen LogP contribution in [0.25, 0.3) is 0 Å². The Labute approximate surface area is 95.8 Å². The highest BCUT2D eigenvalue weighted by atomic mass is 16.5. The summed E-state index contributed by atoms with van der Waals surface area (Å²) in [6.45, 7) is 0.874. The molecule has 0 aliphatic carbocycles. The largest absolute Gasteiger partial charge is 0.469 e. The molecule has 16 heavy (non-hydrogen) atoms. The van der Waals surface area contributed by atoms with Gasteiger partial charge in [-0.25, -0.2) is 0 Å². The molecular formula is C13H17NO2. The molecule has 2 atom stereocenters. The van der Waals surface area contributed by atoms with E-state index in [2.05, 4.69) is 17.4 Å². The van der Waals surface area contributed by atoms with E-state index in [4.69, 9.17) is 4.74 Å². The highest BCUT2D eigenvalue weighted by Crippen LogP contribution is 2.27. The van der Waals surface area contributed by atoms with E-state index in [9.17, 15) is 4.79 Å². The molecule has 0 aromatic heterocycles. The first-order valence-electron chi connectivity index (χ1n) is 5.67. The van der Waals surface area contributed by atoms with Gasteiger partial charge in [-0.15, -0.1) is 0 Å². The molecule has 1 heterocycles. The highest BCUT2D eigenvalue weighted by molar-refractivity contribution is 5.72. The second kappa shape index (κ2) is 5.12. The van der Waals surface area contributed by atoms with E-state index in [0.29, 0.717) is 0 Å². The number of carbonyl (C=O) groups excluding carboxylic acids is 1. The molecule has 1 aliphatic rings. The summed E-state index contributed by atoms with van der Waals surface area (Å²) < 4.78 is 4.81. The van der Waals surface area contributed by atoms with E-state index in [1.165, 1.54) is 12.7 Å². The molecular weight excluding hydrogens is 202 g/mol. The lowest BCUT2D eigenvalue weighted by Gasteiger charge is -2.29. The lowest BCUT2D eigenvalue weighted by atomic mass is 9.89. The Morgan fingerprint density at radius 1 is 1.38 bits per heavy atom. The van der Waals surface area contributed by atoms with Gasteiger partial charge in [0.25, 0.3) is 0 Å². The van der Waals surface area contributed by atoms with Crippen molar-refractivity contribution in [3.05, 3.63) is 35.9 Å². The molecule has 86 valence electrons. The zero-order valence-corrected chi connectivity index (χ0v) is 9.48. The number of benzene rings is 1. The zero-order valence-electron chi connectivity index (χ0n) is 9.48. The molecule has 0 radical (unpaired) electrons. The van der Waals surface area contributed by atoms with Gasteiger partial charge in [0, 0.05) is 6.04 Å². The van der Waals surface area contributed by atoms with Gasteiger partial charge in [-0.2, -0.15) is 0 Å². The summed E-state index contributed by atoms with van der Waals surface area (Å²) in [5.74, 6) is -0.0427. The number of carbonyl (C=O) groups is 1. The van der Waals surface area contributed by atoms with Crippen molar-refractivity contribution in [2.75, 3.05) is 13.7 Å². The van der Waals surface area contributed by atoms with E-state index >= 15 is 0 Å². The second-order valence-corrected chi connectivity index (χ2v) is 4.16. The van der Waals surface area contributed by atoms with Crippen LogP contribution < -0.4 is 5.32 Å². The highest BCUT2D eigenvalue weighted by Gasteiger charge is 2.28. The van der Waals surface area contributed by atoms with Crippen LogP contribution in [0.3, 0.4) is 0 Å². The van der Waals surface area contributed by atoms with Crippen LogP contribution in [-0.2, 0) is 9.53 Å². The molecule has 1 aliphatic heterocycles. The minimum Gasteiger partial charge on any atom is -0.469 e. The Hall–Kier alpha value is -1.35. The van der Waals surface area contributed by atoms with Crippen molar-refractivity contribution < 1.29 is 9.53 Å². The molecule has 1 N–H and O–H groups in total. The Balaban J connectivity index is 2.05. The van der Waals surface area contributed by atoms with Crippen LogP contribution in [-0.4, -0.2) is 19.6 Å². The van der Waals surface area contributed by atoms with Crippen molar-refractivity contribution >= 4 is 5.97 Å². The van der Waals surface area contributed by atoms with Crippen LogP contribution >= 0.6 is 0 Å². The van der Waals surface area contributed by atoms with E-state index in [0.717, 1.165) is 19.4 Å². The Morgan fingerprint density at radius 2 is 2.12 bits per heavy atom. The molecule has 1 fully saturated rings. The van der Waals surface area contributed by atoms with Crippen molar-refractivity contribution in [2.45, 2.75) is 18.9 Å². The van der Waals surface area contributed by atoms with Gasteiger partial charge in [-0.3, -0.25) is 4.79 Å². The van der Waals surface area contributed by atoms with Gasteiger partial charge in [0.15, 0.2) is 0 Å². The molecule has 1 aromatic rings. The van der Waals surface area contributed by atoms with Crippen LogP contribution in [0.4, 0.5) is 0 Å². The molecule has 0 spiro atoms. The average molecular weight is 219 g/mol. The fourth-order valence-electron chi connectivity index (χ4n) is 2.24. The summed E-state index contributed by atoms with van der Waals surface area (Å²) in [6.07, 6.45) is 1.70. The Morgan fingerprint density at radius 3 is 2.81 bits per heavy atom. The van der Waals surface area contributed by atoms with Crippen LogP contribution in [0.2, 0.25) is 0 Å². The lowest BCUT2D eigenvalue weighted by molar-refractivity contribution is -0.146. The minimum absolute atomic E-state index is 0.0384. The molecule has 0 saturated carbocycles. The maximum absolute atomic E-state index is 11.5. The van der Waals surface area contributed by atoms with E-state index in [-0.39, 0.29) is 17.9 Å². The molecule has 3 nitrogen and oxygen atoms in total. The lowest BCUT2D eigenvalue weighted by Crippen LogP contribution is -2.35. The van der Waals surface area contributed by atoms with Crippen molar-refractivity contribution in [2.24, 2.45) is 5.92 Å². The van der Waals surface area contributed by atoms with Crippen LogP contribution in [0, 0.1) is 5.92 Å². The van der Waals surface area contributed by atoms with E-state index < -0.39 is 0 Å². The SMILES string of the molecule is COC(=O)C1CCNC(c2ccccc2)C1. The fraction of sp³-hybridized carbons (Fsp3) is 0.462. The summed E-state index contributed by atoms with van der Waals surface area (Å²) in [5.41, 5.74) is 1.25. The van der Waals surface area contributed by atoms with E-state index in [1.807, 2.05) is 18.2 Å². The van der Waals surface area contributed by atoms with Gasteiger partial charge in [0.2, 0.25) is 0 Å². The topological polar surface area (TPSA) is 38.3 Å². The number of nitrogens with one attached hydrogen (secondary N) is 1. The van der Waals surface area contributed by atoms with Gasteiger partial charge in [0.1, 0.15) is 0 Å². The third kappa shape index (κ3) is 2.42. The summed E-state index contributed by atoms with van der Waals surface area (Å²) >= 11 is 0. The zero-order chi connectivity index (χ0) is 11.4. The van der Waals surface area contributed by atoms with Crippen LogP contribution in [0.15, 0.2) is 30.3 Å². The summed E-state index contributed by atoms with van der Waals surface area (Å²) in [4.78, 5) is 11.5. The van der Waals surface area contributed by atoms with Gasteiger partial charge >= 0.3 is 5.97 Å². The monoisotopic (exact) mass is 219 g/mol. The summed E-state index contributed by atoms with van der Waals surface area (Å²) in [6, 6.07) is 10.5. The Bertz CT molecular complexity index is 350. The number of ether oxygens (including phenoxy) is 1. The Kier molecular flexibility index (Phi) is 3.57. The van der Waals surface area contributed by atoms with Gasteiger partial charge < -0.3 is 10.1 Å². The average Bonchev–Trinajstić information content (AvgIpc) is 2.39. The predicted octanol–water partition coefficient (Wildman–Crippen LogP) is 1.90. The molecule has 3 heteroatoms. The summed E-state index contributed by atoms with van der Waals surface area (Å²) in [5, 5.41) is 3.44. The van der Waals surface area contributed by atoms with Crippen molar-refractivity contribution in [1.29, 1.82) is 0 Å². The molecule has 0 amide bonds. The van der Waals surface area contributed by atoms with Gasteiger partial charge in [0.05, 0.1) is 13.0 Å². The quantitative estimate of drug-likeness (QED) is 0.772. The number of rotatable bonds is 2. The third-order valence-corrected chi connectivity index (χ3v) is 3.14. The number of hydrogen-bond acceptors (Lipinski definition) is 3. The van der Waals surface area contributed by atoms with Crippen molar-refractivity contribution in [1.82, 2.24) is 5.32 Å². The first kappa shape index (κ1) is 11.1. The first-order valence-corrected chi connectivity index (χ1v) is 5.67. The van der Waals surface area contributed by atoms with Crippen molar-refractivity contribution in [3.8, 4) is 0 Å². The number of piperidine rings is 1. The van der Waals surface area contributed by atoms with Crippen LogP contribution in [0.5, 0.6) is 0 Å². The van der Waals surface area contributed by atoms with E-state index in [1.54, 1.807) is 0 Å². The fourth-order valence-corrected chi connectivity index (χ4v) is 2.24. The normalized spacial score (nSPS) is 25.1. The van der Waals surface area contributed by atoms with Crippen molar-refractivity contribution in [3.63, 3.8) is 0 Å². The smallest absolute Gasteiger partial charge is 0.308 e. The molecule has 1 saturated heterocycles. The molecule has 0 bridgehead atoms. The second-order valence-electron chi connectivity index (χ2n) is 4.16. The predicted molar refractivity (Wildman–Crippen MR) is 61.9 cm³/mol. The molecule has 2 rings (SSSR count). The number of hydrogen-bond donors (Lipinski definition) is 1. The van der Waals surface area contributed by atoms with Gasteiger partial charge in [-0.1, -0.05) is 30.3 Å². The number of esters is 1. The van der Waals surface area contributed by atoms with Gasteiger partial charge in [-0.05, 0) is 24.9 Å². The third-order valence-electron chi connectivity index (χ3n) is 3.14.